The van der Waals surface area contributed by atoms with Crippen LogP contribution in [0.1, 0.15) is 57.4 Å². The molecule has 1 aliphatic carbocycles. The van der Waals surface area contributed by atoms with E-state index in [1.165, 1.54) is 23.0 Å². The molecule has 188 valence electrons. The molecule has 0 radical (unpaired) electrons. The summed E-state index contributed by atoms with van der Waals surface area (Å²) in [7, 11) is 0. The van der Waals surface area contributed by atoms with Crippen molar-refractivity contribution in [2.24, 2.45) is 0 Å². The smallest absolute Gasteiger partial charge is 0.338 e. The summed E-state index contributed by atoms with van der Waals surface area (Å²) in [4.78, 5) is 21.0. The van der Waals surface area contributed by atoms with Crippen LogP contribution in [0.15, 0.2) is 30.7 Å². The second kappa shape index (κ2) is 9.02. The molecule has 0 saturated carbocycles. The highest BCUT2D eigenvalue weighted by molar-refractivity contribution is 5.93. The van der Waals surface area contributed by atoms with Gasteiger partial charge in [0.05, 0.1) is 5.56 Å². The molecular weight excluding hydrogens is 458 g/mol. The first-order valence-corrected chi connectivity index (χ1v) is 12.6. The number of pyridine rings is 1. The van der Waals surface area contributed by atoms with Crippen molar-refractivity contribution in [1.29, 1.82) is 0 Å². The van der Waals surface area contributed by atoms with Gasteiger partial charge >= 0.3 is 5.97 Å². The Hall–Kier alpha value is -3.21. The highest BCUT2D eigenvalue weighted by Crippen LogP contribution is 2.42. The number of tetrazole rings is 1. The number of fused-ring (bicyclic) bond motifs is 2. The average molecular weight is 490 g/mol. The fraction of sp³-hybridized carbons (Fsp3) is 0.500. The summed E-state index contributed by atoms with van der Waals surface area (Å²) in [5, 5.41) is 23.0. The third-order valence-electron chi connectivity index (χ3n) is 8.32. The molecule has 3 aromatic rings. The van der Waals surface area contributed by atoms with E-state index in [0.29, 0.717) is 18.0 Å². The maximum Gasteiger partial charge on any atom is 0.338 e. The van der Waals surface area contributed by atoms with Gasteiger partial charge in [0.1, 0.15) is 18.7 Å². The van der Waals surface area contributed by atoms with Crippen molar-refractivity contribution in [2.75, 3.05) is 32.7 Å². The molecule has 0 spiro atoms. The number of aromatic nitrogens is 5. The summed E-state index contributed by atoms with van der Waals surface area (Å²) in [6, 6.07) is 6.00. The zero-order chi connectivity index (χ0) is 24.9. The SMILES string of the molecule is Cc1c(CCN2CCN(C(C)(O)C3CCc4cc(-n5cnnn5)ncc43)CC2)ccc2c1COC2=O. The highest BCUT2D eigenvalue weighted by atomic mass is 16.5. The monoisotopic (exact) mass is 489 g/mol. The van der Waals surface area contributed by atoms with Gasteiger partial charge < -0.3 is 14.7 Å². The molecule has 10 heteroatoms. The molecular formula is C26H31N7O3. The van der Waals surface area contributed by atoms with Crippen LogP contribution in [0.2, 0.25) is 0 Å². The van der Waals surface area contributed by atoms with E-state index in [-0.39, 0.29) is 11.9 Å². The Morgan fingerprint density at radius 3 is 2.83 bits per heavy atom. The number of benzene rings is 1. The van der Waals surface area contributed by atoms with Crippen LogP contribution in [0.25, 0.3) is 5.82 Å². The van der Waals surface area contributed by atoms with E-state index in [4.69, 9.17) is 4.74 Å². The first-order chi connectivity index (χ1) is 17.4. The average Bonchev–Trinajstić information content (AvgIpc) is 3.64. The van der Waals surface area contributed by atoms with Crippen molar-refractivity contribution in [1.82, 2.24) is 35.0 Å². The first kappa shape index (κ1) is 23.2. The Bertz CT molecular complexity index is 1280. The lowest BCUT2D eigenvalue weighted by Crippen LogP contribution is -2.58. The van der Waals surface area contributed by atoms with Crippen LogP contribution in [-0.4, -0.2) is 84.5 Å². The number of cyclic esters (lactones) is 1. The number of ether oxygens (including phenoxy) is 1. The van der Waals surface area contributed by atoms with Gasteiger partial charge in [0.25, 0.3) is 0 Å². The number of hydrogen-bond donors (Lipinski definition) is 1. The fourth-order valence-electron chi connectivity index (χ4n) is 6.03. The van der Waals surface area contributed by atoms with Crippen LogP contribution in [0.4, 0.5) is 0 Å². The van der Waals surface area contributed by atoms with Gasteiger partial charge in [-0.25, -0.2) is 9.78 Å². The topological polar surface area (TPSA) is 110 Å². The number of carbonyl (C=O) groups excluding carboxylic acids is 1. The molecule has 1 fully saturated rings. The molecule has 6 rings (SSSR count). The van der Waals surface area contributed by atoms with E-state index in [1.54, 1.807) is 4.68 Å². The quantitative estimate of drug-likeness (QED) is 0.517. The molecule has 2 aliphatic heterocycles. The minimum atomic E-state index is -0.932. The van der Waals surface area contributed by atoms with E-state index in [2.05, 4.69) is 43.3 Å². The molecule has 10 nitrogen and oxygen atoms in total. The third-order valence-corrected chi connectivity index (χ3v) is 8.32. The van der Waals surface area contributed by atoms with Crippen molar-refractivity contribution >= 4 is 5.97 Å². The predicted octanol–water partition coefficient (Wildman–Crippen LogP) is 1.63. The number of hydrogen-bond acceptors (Lipinski definition) is 9. The fourth-order valence-corrected chi connectivity index (χ4v) is 6.03. The van der Waals surface area contributed by atoms with Crippen molar-refractivity contribution < 1.29 is 14.6 Å². The minimum Gasteiger partial charge on any atom is -0.457 e. The lowest BCUT2D eigenvalue weighted by Gasteiger charge is -2.46. The second-order valence-corrected chi connectivity index (χ2v) is 10.2. The van der Waals surface area contributed by atoms with Gasteiger partial charge in [0.2, 0.25) is 0 Å². The van der Waals surface area contributed by atoms with Gasteiger partial charge in [-0.1, -0.05) is 6.07 Å². The largest absolute Gasteiger partial charge is 0.457 e. The van der Waals surface area contributed by atoms with E-state index in [9.17, 15) is 9.90 Å². The number of esters is 1. The first-order valence-electron chi connectivity index (χ1n) is 12.6. The Kier molecular flexibility index (Phi) is 5.82. The Labute approximate surface area is 209 Å². The van der Waals surface area contributed by atoms with Crippen molar-refractivity contribution in [3.05, 3.63) is 64.1 Å². The van der Waals surface area contributed by atoms with Gasteiger partial charge in [-0.2, -0.15) is 4.68 Å². The van der Waals surface area contributed by atoms with Crippen LogP contribution >= 0.6 is 0 Å². The standard InChI is InChI=1S/C26H31N7O3/c1-17-18(3-5-20-22(17)15-36-25(20)34)7-8-31-9-11-32(12-10-31)26(2,35)23-6-4-19-13-24(27-14-21(19)23)33-16-28-29-30-33/h3,5,13-14,16,23,35H,4,6-12,15H2,1-2H3. The Balaban J connectivity index is 1.07. The molecule has 1 N–H and O–H groups in total. The van der Waals surface area contributed by atoms with Crippen LogP contribution < -0.4 is 0 Å². The Morgan fingerprint density at radius 2 is 2.06 bits per heavy atom. The number of carbonyl (C=O) groups is 1. The molecule has 0 amide bonds. The number of rotatable bonds is 6. The Morgan fingerprint density at radius 1 is 1.22 bits per heavy atom. The molecule has 4 heterocycles. The molecule has 2 atom stereocenters. The van der Waals surface area contributed by atoms with Gasteiger partial charge in [0, 0.05) is 50.4 Å². The van der Waals surface area contributed by atoms with Crippen molar-refractivity contribution in [3.63, 3.8) is 0 Å². The summed E-state index contributed by atoms with van der Waals surface area (Å²) in [6.45, 7) is 8.86. The summed E-state index contributed by atoms with van der Waals surface area (Å²) >= 11 is 0. The highest BCUT2D eigenvalue weighted by Gasteiger charge is 2.43. The third kappa shape index (κ3) is 3.99. The summed E-state index contributed by atoms with van der Waals surface area (Å²) < 4.78 is 6.75. The summed E-state index contributed by atoms with van der Waals surface area (Å²) in [6.07, 6.45) is 6.16. The molecule has 1 saturated heterocycles. The van der Waals surface area contributed by atoms with Crippen LogP contribution in [0.3, 0.4) is 0 Å². The van der Waals surface area contributed by atoms with Crippen LogP contribution in [0, 0.1) is 6.92 Å². The zero-order valence-corrected chi connectivity index (χ0v) is 20.7. The normalized spacial score (nSPS) is 21.8. The molecule has 2 aromatic heterocycles. The second-order valence-electron chi connectivity index (χ2n) is 10.2. The van der Waals surface area contributed by atoms with Crippen LogP contribution in [0.5, 0.6) is 0 Å². The molecule has 1 aromatic carbocycles. The lowest BCUT2D eigenvalue weighted by molar-refractivity contribution is -0.128. The van der Waals surface area contributed by atoms with Gasteiger partial charge in [-0.15, -0.1) is 5.10 Å². The van der Waals surface area contributed by atoms with Crippen molar-refractivity contribution in [2.45, 2.75) is 51.4 Å². The summed E-state index contributed by atoms with van der Waals surface area (Å²) in [5.41, 5.74) is 5.59. The van der Waals surface area contributed by atoms with E-state index in [1.807, 2.05) is 25.3 Å². The number of piperazine rings is 1. The number of aryl methyl sites for hydroxylation is 1. The van der Waals surface area contributed by atoms with E-state index in [0.717, 1.165) is 63.1 Å². The molecule has 2 unspecified atom stereocenters. The number of aliphatic hydroxyl groups is 1. The molecule has 0 bridgehead atoms. The summed E-state index contributed by atoms with van der Waals surface area (Å²) in [5.74, 6) is 0.510. The maximum absolute atomic E-state index is 11.8. The molecule has 36 heavy (non-hydrogen) atoms. The van der Waals surface area contributed by atoms with Gasteiger partial charge in [-0.3, -0.25) is 4.90 Å². The van der Waals surface area contributed by atoms with E-state index < -0.39 is 5.72 Å². The van der Waals surface area contributed by atoms with E-state index >= 15 is 0 Å². The molecule has 3 aliphatic rings. The predicted molar refractivity (Wildman–Crippen MR) is 131 cm³/mol. The number of nitrogens with zero attached hydrogens (tertiary/aromatic N) is 7. The van der Waals surface area contributed by atoms with Crippen molar-refractivity contribution in [3.8, 4) is 5.82 Å². The maximum atomic E-state index is 11.8. The van der Waals surface area contributed by atoms with Crippen LogP contribution in [-0.2, 0) is 24.2 Å². The minimum absolute atomic E-state index is 0.0217. The zero-order valence-electron chi connectivity index (χ0n) is 20.7. The van der Waals surface area contributed by atoms with Gasteiger partial charge in [-0.05, 0) is 77.9 Å². The van der Waals surface area contributed by atoms with Gasteiger partial charge in [0.15, 0.2) is 5.82 Å². The lowest BCUT2D eigenvalue weighted by atomic mass is 9.90.